The molecule has 0 aromatic rings. The van der Waals surface area contributed by atoms with E-state index in [1.807, 2.05) is 13.0 Å². The van der Waals surface area contributed by atoms with Gasteiger partial charge in [-0.25, -0.2) is 0 Å². The molecule has 0 heterocycles. The average Bonchev–Trinajstić information content (AvgIpc) is 1.61. The van der Waals surface area contributed by atoms with Crippen LogP contribution in [-0.4, -0.2) is 6.04 Å². The molecule has 0 aliphatic rings. The van der Waals surface area contributed by atoms with Crippen molar-refractivity contribution in [2.24, 2.45) is 5.73 Å². The molecule has 0 spiro atoms. The first-order valence-electron chi connectivity index (χ1n) is 2.69. The third-order valence-corrected chi connectivity index (χ3v) is 0.675. The zero-order valence-corrected chi connectivity index (χ0v) is 5.02. The standard InChI is InChI=1S/C6H13N/c1-3-4-5-6(2)7/h4-6H,3,7H2,1-2H3. The molecule has 0 amide bonds. The summed E-state index contributed by atoms with van der Waals surface area (Å²) in [6.45, 7) is 4.06. The Bertz CT molecular complexity index is 55.2. The number of allylic oxidation sites excluding steroid dienone is 1. The largest absolute Gasteiger partial charge is 0.325 e. The maximum atomic E-state index is 5.39. The Labute approximate surface area is 45.2 Å². The van der Waals surface area contributed by atoms with Crippen LogP contribution in [0.15, 0.2) is 12.2 Å². The van der Waals surface area contributed by atoms with Crippen LogP contribution in [-0.2, 0) is 0 Å². The molecule has 1 atom stereocenters. The van der Waals surface area contributed by atoms with Crippen molar-refractivity contribution in [2.45, 2.75) is 26.3 Å². The van der Waals surface area contributed by atoms with Gasteiger partial charge >= 0.3 is 0 Å². The molecule has 0 fully saturated rings. The smallest absolute Gasteiger partial charge is 0.0194 e. The van der Waals surface area contributed by atoms with Crippen molar-refractivity contribution in [1.29, 1.82) is 0 Å². The van der Waals surface area contributed by atoms with Crippen LogP contribution in [0.4, 0.5) is 0 Å². The number of rotatable bonds is 2. The molecule has 7 heavy (non-hydrogen) atoms. The van der Waals surface area contributed by atoms with Crippen molar-refractivity contribution in [2.75, 3.05) is 0 Å². The zero-order chi connectivity index (χ0) is 5.70. The van der Waals surface area contributed by atoms with Crippen LogP contribution >= 0.6 is 0 Å². The van der Waals surface area contributed by atoms with Crippen LogP contribution in [0.3, 0.4) is 0 Å². The molecule has 0 aromatic carbocycles. The van der Waals surface area contributed by atoms with E-state index in [0.717, 1.165) is 6.42 Å². The van der Waals surface area contributed by atoms with Gasteiger partial charge in [0.1, 0.15) is 0 Å². The predicted octanol–water partition coefficient (Wildman–Crippen LogP) is 1.30. The molecule has 0 rings (SSSR count). The lowest BCUT2D eigenvalue weighted by atomic mass is 10.3. The van der Waals surface area contributed by atoms with Gasteiger partial charge in [-0.2, -0.15) is 0 Å². The molecule has 42 valence electrons. The van der Waals surface area contributed by atoms with Gasteiger partial charge in [0.25, 0.3) is 0 Å². The second-order valence-corrected chi connectivity index (χ2v) is 1.70. The van der Waals surface area contributed by atoms with E-state index in [2.05, 4.69) is 13.0 Å². The van der Waals surface area contributed by atoms with Crippen LogP contribution in [0.5, 0.6) is 0 Å². The maximum Gasteiger partial charge on any atom is 0.0194 e. The highest BCUT2D eigenvalue weighted by Crippen LogP contribution is 1.81. The molecule has 0 aliphatic heterocycles. The van der Waals surface area contributed by atoms with Crippen molar-refractivity contribution < 1.29 is 0 Å². The van der Waals surface area contributed by atoms with Gasteiger partial charge in [0.15, 0.2) is 0 Å². The highest BCUT2D eigenvalue weighted by molar-refractivity contribution is 4.87. The molecule has 1 heteroatoms. The molecule has 1 nitrogen and oxygen atoms in total. The van der Waals surface area contributed by atoms with Gasteiger partial charge < -0.3 is 5.73 Å². The van der Waals surface area contributed by atoms with E-state index >= 15 is 0 Å². The minimum Gasteiger partial charge on any atom is -0.325 e. The maximum absolute atomic E-state index is 5.39. The minimum absolute atomic E-state index is 0.222. The van der Waals surface area contributed by atoms with Gasteiger partial charge in [-0.05, 0) is 13.3 Å². The normalized spacial score (nSPS) is 15.3. The Morgan fingerprint density at radius 1 is 1.71 bits per heavy atom. The lowest BCUT2D eigenvalue weighted by Crippen LogP contribution is -2.09. The zero-order valence-electron chi connectivity index (χ0n) is 5.02. The van der Waals surface area contributed by atoms with E-state index in [4.69, 9.17) is 5.73 Å². The van der Waals surface area contributed by atoms with Gasteiger partial charge in [-0.15, -0.1) is 0 Å². The van der Waals surface area contributed by atoms with E-state index < -0.39 is 0 Å². The molecular weight excluding hydrogens is 86.1 g/mol. The summed E-state index contributed by atoms with van der Waals surface area (Å²) < 4.78 is 0. The Morgan fingerprint density at radius 3 is 2.43 bits per heavy atom. The summed E-state index contributed by atoms with van der Waals surface area (Å²) in [7, 11) is 0. The van der Waals surface area contributed by atoms with E-state index in [-0.39, 0.29) is 6.04 Å². The predicted molar refractivity (Wildman–Crippen MR) is 33.1 cm³/mol. The summed E-state index contributed by atoms with van der Waals surface area (Å²) >= 11 is 0. The van der Waals surface area contributed by atoms with Crippen LogP contribution in [0.1, 0.15) is 20.3 Å². The lowest BCUT2D eigenvalue weighted by Gasteiger charge is -1.90. The second-order valence-electron chi connectivity index (χ2n) is 1.70. The first-order chi connectivity index (χ1) is 3.27. The lowest BCUT2D eigenvalue weighted by molar-refractivity contribution is 0.918. The summed E-state index contributed by atoms with van der Waals surface area (Å²) in [5.41, 5.74) is 5.39. The average molecular weight is 99.2 g/mol. The molecule has 2 N–H and O–H groups in total. The fraction of sp³-hybridized carbons (Fsp3) is 0.667. The van der Waals surface area contributed by atoms with E-state index in [1.165, 1.54) is 0 Å². The molecule has 0 bridgehead atoms. The number of hydrogen-bond acceptors (Lipinski definition) is 1. The topological polar surface area (TPSA) is 26.0 Å². The van der Waals surface area contributed by atoms with E-state index in [9.17, 15) is 0 Å². The molecule has 0 saturated heterocycles. The molecule has 0 aromatic heterocycles. The first kappa shape index (κ1) is 6.70. The molecular formula is C6H13N. The number of hydrogen-bond donors (Lipinski definition) is 1. The van der Waals surface area contributed by atoms with Crippen molar-refractivity contribution in [3.8, 4) is 0 Å². The third-order valence-electron chi connectivity index (χ3n) is 0.675. The van der Waals surface area contributed by atoms with E-state index in [1.54, 1.807) is 0 Å². The Morgan fingerprint density at radius 2 is 2.29 bits per heavy atom. The van der Waals surface area contributed by atoms with Gasteiger partial charge in [-0.3, -0.25) is 0 Å². The van der Waals surface area contributed by atoms with Crippen molar-refractivity contribution in [3.63, 3.8) is 0 Å². The second kappa shape index (κ2) is 3.88. The third kappa shape index (κ3) is 5.70. The summed E-state index contributed by atoms with van der Waals surface area (Å²) in [6, 6.07) is 0.222. The highest BCUT2D eigenvalue weighted by Gasteiger charge is 1.78. The molecule has 0 saturated carbocycles. The van der Waals surface area contributed by atoms with Crippen LogP contribution in [0.25, 0.3) is 0 Å². The Hall–Kier alpha value is -0.300. The quantitative estimate of drug-likeness (QED) is 0.519. The van der Waals surface area contributed by atoms with Gasteiger partial charge in [0, 0.05) is 6.04 Å². The summed E-state index contributed by atoms with van der Waals surface area (Å²) in [5.74, 6) is 0. The van der Waals surface area contributed by atoms with Gasteiger partial charge in [-0.1, -0.05) is 19.1 Å². The summed E-state index contributed by atoms with van der Waals surface area (Å²) in [6.07, 6.45) is 5.16. The Kier molecular flexibility index (Phi) is 3.71. The SMILES string of the molecule is CCC=CC(C)N. The van der Waals surface area contributed by atoms with E-state index in [0.29, 0.717) is 0 Å². The van der Waals surface area contributed by atoms with Crippen LogP contribution in [0, 0.1) is 0 Å². The Balaban J connectivity index is 3.08. The molecule has 1 unspecified atom stereocenters. The van der Waals surface area contributed by atoms with Crippen LogP contribution < -0.4 is 5.73 Å². The molecule has 0 radical (unpaired) electrons. The fourth-order valence-electron chi connectivity index (χ4n) is 0.351. The van der Waals surface area contributed by atoms with Crippen molar-refractivity contribution >= 4 is 0 Å². The van der Waals surface area contributed by atoms with Crippen molar-refractivity contribution in [1.82, 2.24) is 0 Å². The monoisotopic (exact) mass is 99.1 g/mol. The summed E-state index contributed by atoms with van der Waals surface area (Å²) in [5, 5.41) is 0. The van der Waals surface area contributed by atoms with Gasteiger partial charge in [0.2, 0.25) is 0 Å². The van der Waals surface area contributed by atoms with Crippen LogP contribution in [0.2, 0.25) is 0 Å². The first-order valence-corrected chi connectivity index (χ1v) is 2.69. The minimum atomic E-state index is 0.222. The van der Waals surface area contributed by atoms with Gasteiger partial charge in [0.05, 0.1) is 0 Å². The summed E-state index contributed by atoms with van der Waals surface area (Å²) in [4.78, 5) is 0. The number of nitrogens with two attached hydrogens (primary N) is 1. The highest BCUT2D eigenvalue weighted by atomic mass is 14.6. The molecule has 0 aliphatic carbocycles. The fourth-order valence-corrected chi connectivity index (χ4v) is 0.351. The van der Waals surface area contributed by atoms with Crippen molar-refractivity contribution in [3.05, 3.63) is 12.2 Å².